The van der Waals surface area contributed by atoms with Crippen LogP contribution < -0.4 is 10.3 Å². The summed E-state index contributed by atoms with van der Waals surface area (Å²) in [7, 11) is -6.00. The van der Waals surface area contributed by atoms with Crippen LogP contribution in [0.1, 0.15) is 22.8 Å². The topological polar surface area (TPSA) is 108 Å². The van der Waals surface area contributed by atoms with Crippen molar-refractivity contribution < 1.29 is 41.9 Å². The molecule has 1 aromatic heterocycles. The number of aliphatic hydroxyl groups excluding tert-OH is 3. The van der Waals surface area contributed by atoms with Crippen molar-refractivity contribution in [1.29, 1.82) is 0 Å². The maximum Gasteiger partial charge on any atom is 0.673 e. The summed E-state index contributed by atoms with van der Waals surface area (Å²) in [4.78, 5) is 11.1. The van der Waals surface area contributed by atoms with Gasteiger partial charge in [-0.25, -0.2) is 0 Å². The first-order valence-corrected chi connectivity index (χ1v) is 6.69. The number of rotatable bonds is 3. The van der Waals surface area contributed by atoms with E-state index in [2.05, 4.69) is 0 Å². The molecule has 2 rings (SSSR count). The summed E-state index contributed by atoms with van der Waals surface area (Å²) in [5, 5.41) is 28.8. The van der Waals surface area contributed by atoms with Crippen LogP contribution in [-0.2, 0) is 0 Å². The van der Waals surface area contributed by atoms with Crippen LogP contribution in [0.25, 0.3) is 0 Å². The average molecular weight is 340 g/mol. The Morgan fingerprint density at radius 1 is 1.30 bits per heavy atom. The monoisotopic (exact) mass is 340 g/mol. The van der Waals surface area contributed by atoms with Crippen molar-refractivity contribution in [3.8, 4) is 0 Å². The van der Waals surface area contributed by atoms with Gasteiger partial charge in [0.1, 0.15) is 11.7 Å². The first-order chi connectivity index (χ1) is 10.5. The number of amides is 1. The molecule has 1 saturated carbocycles. The van der Waals surface area contributed by atoms with Gasteiger partial charge in [0.25, 0.3) is 5.91 Å². The van der Waals surface area contributed by atoms with Gasteiger partial charge in [-0.2, -0.15) is 4.57 Å². The number of hydrogen-bond acceptors (Lipinski definition) is 4. The molecule has 0 spiro atoms. The zero-order valence-electron chi connectivity index (χ0n) is 11.9. The summed E-state index contributed by atoms with van der Waals surface area (Å²) in [5.41, 5.74) is 5.53. The molecule has 0 radical (unpaired) electrons. The van der Waals surface area contributed by atoms with Crippen LogP contribution in [0.2, 0.25) is 0 Å². The molecule has 4 atom stereocenters. The Kier molecular flexibility index (Phi) is 6.48. The minimum Gasteiger partial charge on any atom is -0.418 e. The second kappa shape index (κ2) is 7.71. The molecular weight excluding hydrogens is 323 g/mol. The van der Waals surface area contributed by atoms with Crippen LogP contribution >= 0.6 is 0 Å². The van der Waals surface area contributed by atoms with Crippen molar-refractivity contribution in [1.82, 2.24) is 0 Å². The van der Waals surface area contributed by atoms with Gasteiger partial charge in [0.2, 0.25) is 0 Å². The summed E-state index contributed by atoms with van der Waals surface area (Å²) < 4.78 is 40.7. The molecule has 0 unspecified atom stereocenters. The molecule has 1 aliphatic carbocycles. The summed E-state index contributed by atoms with van der Waals surface area (Å²) in [5.74, 6) is -0.897. The molecular formula is C12H17BF4N2O4. The number of nitrogens with two attached hydrogens (primary N) is 1. The summed E-state index contributed by atoms with van der Waals surface area (Å²) in [6.45, 7) is -0.176. The Morgan fingerprint density at radius 3 is 2.30 bits per heavy atom. The van der Waals surface area contributed by atoms with Crippen LogP contribution in [0.5, 0.6) is 0 Å². The van der Waals surface area contributed by atoms with Crippen LogP contribution in [0.15, 0.2) is 24.5 Å². The first kappa shape index (κ1) is 19.3. The van der Waals surface area contributed by atoms with Gasteiger partial charge in [-0.05, 0) is 6.07 Å². The quantitative estimate of drug-likeness (QED) is 0.343. The number of aromatic nitrogens is 1. The summed E-state index contributed by atoms with van der Waals surface area (Å²) in [6, 6.07) is 2.88. The third kappa shape index (κ3) is 5.77. The van der Waals surface area contributed by atoms with E-state index < -0.39 is 25.4 Å². The van der Waals surface area contributed by atoms with Gasteiger partial charge >= 0.3 is 7.25 Å². The number of aliphatic hydroxyl groups is 3. The molecule has 5 N–H and O–H groups in total. The number of carbonyl (C=O) groups excluding carboxylic acids is 1. The van der Waals surface area contributed by atoms with Crippen molar-refractivity contribution in [3.05, 3.63) is 30.1 Å². The lowest BCUT2D eigenvalue weighted by molar-refractivity contribution is -0.728. The number of carbonyl (C=O) groups is 1. The van der Waals surface area contributed by atoms with Crippen molar-refractivity contribution >= 4 is 13.2 Å². The smallest absolute Gasteiger partial charge is 0.418 e. The lowest BCUT2D eigenvalue weighted by Crippen LogP contribution is -2.45. The largest absolute Gasteiger partial charge is 0.673 e. The van der Waals surface area contributed by atoms with Gasteiger partial charge < -0.3 is 38.3 Å². The molecule has 1 amide bonds. The predicted molar refractivity (Wildman–Crippen MR) is 71.6 cm³/mol. The summed E-state index contributed by atoms with van der Waals surface area (Å²) >= 11 is 0. The fourth-order valence-electron chi connectivity index (χ4n) is 2.42. The fourth-order valence-corrected chi connectivity index (χ4v) is 2.42. The van der Waals surface area contributed by atoms with E-state index in [9.17, 15) is 32.3 Å². The van der Waals surface area contributed by atoms with E-state index in [1.165, 1.54) is 0 Å². The minimum atomic E-state index is -6.00. The van der Waals surface area contributed by atoms with Crippen molar-refractivity contribution in [2.75, 3.05) is 6.61 Å². The maximum absolute atomic E-state index is 11.1. The molecule has 1 aromatic rings. The van der Waals surface area contributed by atoms with E-state index in [4.69, 9.17) is 10.8 Å². The third-order valence-corrected chi connectivity index (χ3v) is 3.50. The van der Waals surface area contributed by atoms with Gasteiger partial charge in [0, 0.05) is 25.0 Å². The zero-order valence-corrected chi connectivity index (χ0v) is 11.9. The van der Waals surface area contributed by atoms with Crippen LogP contribution in [0.3, 0.4) is 0 Å². The molecule has 23 heavy (non-hydrogen) atoms. The third-order valence-electron chi connectivity index (χ3n) is 3.50. The van der Waals surface area contributed by atoms with Gasteiger partial charge in [-0.15, -0.1) is 0 Å². The fraction of sp³-hybridized carbons (Fsp3) is 0.500. The lowest BCUT2D eigenvalue weighted by atomic mass is 10.1. The molecule has 0 aromatic carbocycles. The van der Waals surface area contributed by atoms with Gasteiger partial charge in [0.05, 0.1) is 6.10 Å². The van der Waals surface area contributed by atoms with Gasteiger partial charge in [0.15, 0.2) is 18.4 Å². The number of primary amides is 1. The van der Waals surface area contributed by atoms with Crippen molar-refractivity contribution in [3.63, 3.8) is 0 Å². The highest BCUT2D eigenvalue weighted by Crippen LogP contribution is 2.31. The van der Waals surface area contributed by atoms with E-state index >= 15 is 0 Å². The number of pyridine rings is 1. The molecule has 1 fully saturated rings. The summed E-state index contributed by atoms with van der Waals surface area (Å²) in [6.07, 6.45) is 1.78. The van der Waals surface area contributed by atoms with E-state index in [1.54, 1.807) is 29.1 Å². The van der Waals surface area contributed by atoms with E-state index in [0.717, 1.165) is 0 Å². The molecule has 0 aliphatic heterocycles. The highest BCUT2D eigenvalue weighted by Gasteiger charge is 2.46. The average Bonchev–Trinajstić information content (AvgIpc) is 2.73. The molecule has 11 heteroatoms. The Hall–Kier alpha value is -1.72. The number of hydrogen-bond donors (Lipinski definition) is 4. The van der Waals surface area contributed by atoms with E-state index in [0.29, 0.717) is 12.0 Å². The molecule has 1 heterocycles. The molecule has 130 valence electrons. The highest BCUT2D eigenvalue weighted by atomic mass is 19.5. The molecule has 0 bridgehead atoms. The van der Waals surface area contributed by atoms with Crippen molar-refractivity contribution in [2.24, 2.45) is 11.7 Å². The first-order valence-electron chi connectivity index (χ1n) is 6.69. The Balaban J connectivity index is 0.000000463. The standard InChI is InChI=1S/C12H16N2O4.BF4/c13-12(18)7-2-1-3-14(5-7)9-4-8(6-15)10(16)11(9)17;2-1(3,4)5/h1-3,5,8-11,15-17H,4,6H2,(H-,13,18);/q;-1/p+1/t8-,9-,10-,11+;/m1./s1. The predicted octanol–water partition coefficient (Wildman–Crippen LogP) is -0.352. The Morgan fingerprint density at radius 2 is 1.87 bits per heavy atom. The van der Waals surface area contributed by atoms with E-state index in [1.807, 2.05) is 0 Å². The van der Waals surface area contributed by atoms with Gasteiger partial charge in [-0.1, -0.05) is 0 Å². The SMILES string of the molecule is F[B-](F)(F)F.NC(=O)c1ccc[n+]([C@@H]2C[C@H](CO)[C@@H](O)[C@H]2O)c1. The van der Waals surface area contributed by atoms with Gasteiger partial charge in [-0.3, -0.25) is 4.79 Å². The molecule has 0 saturated heterocycles. The molecule has 6 nitrogen and oxygen atoms in total. The normalized spacial score (nSPS) is 27.3. The Labute approximate surface area is 129 Å². The second-order valence-corrected chi connectivity index (χ2v) is 5.13. The van der Waals surface area contributed by atoms with Crippen LogP contribution in [-0.4, -0.2) is 47.3 Å². The van der Waals surface area contributed by atoms with Crippen LogP contribution in [0, 0.1) is 5.92 Å². The second-order valence-electron chi connectivity index (χ2n) is 5.13. The maximum atomic E-state index is 11.1. The zero-order chi connectivity index (χ0) is 17.8. The molecule has 1 aliphatic rings. The number of nitrogens with zero attached hydrogens (tertiary/aromatic N) is 1. The minimum absolute atomic E-state index is 0.176. The highest BCUT2D eigenvalue weighted by molar-refractivity contribution is 6.50. The lowest BCUT2D eigenvalue weighted by Gasteiger charge is -2.13. The Bertz CT molecular complexity index is 540. The van der Waals surface area contributed by atoms with Crippen molar-refractivity contribution in [2.45, 2.75) is 24.7 Å². The van der Waals surface area contributed by atoms with E-state index in [-0.39, 0.29) is 18.6 Å². The number of halogens is 4. The van der Waals surface area contributed by atoms with Crippen LogP contribution in [0.4, 0.5) is 17.3 Å².